The number of nitrogens with two attached hydrogens (primary N) is 1. The molecule has 3 nitrogen and oxygen atoms in total. The second kappa shape index (κ2) is 5.75. The van der Waals surface area contributed by atoms with Crippen LogP contribution in [0.4, 0.5) is 14.5 Å². The molecule has 2 aromatic rings. The summed E-state index contributed by atoms with van der Waals surface area (Å²) in [6.45, 7) is 0. The fourth-order valence-corrected chi connectivity index (χ4v) is 1.75. The molecule has 0 fully saturated rings. The number of rotatable bonds is 3. The van der Waals surface area contributed by atoms with E-state index in [0.717, 1.165) is 18.2 Å². The summed E-state index contributed by atoms with van der Waals surface area (Å²) in [7, 11) is 0. The Morgan fingerprint density at radius 1 is 1.00 bits per heavy atom. The van der Waals surface area contributed by atoms with Gasteiger partial charge in [0, 0.05) is 22.9 Å². The molecule has 2 aromatic carbocycles. The molecule has 2 rings (SSSR count). The van der Waals surface area contributed by atoms with Crippen molar-refractivity contribution in [3.8, 4) is 0 Å². The van der Waals surface area contributed by atoms with Gasteiger partial charge >= 0.3 is 0 Å². The molecular weight excluding hydrogens is 282 g/mol. The average Bonchev–Trinajstić information content (AvgIpc) is 2.37. The highest BCUT2D eigenvalue weighted by molar-refractivity contribution is 7.80. The SMILES string of the molecule is NC(=S)c1ccc(C(=O)Nc2cc(F)cc(F)c2)cc1. The maximum Gasteiger partial charge on any atom is 0.255 e. The Labute approximate surface area is 119 Å². The van der Waals surface area contributed by atoms with E-state index in [1.54, 1.807) is 12.1 Å². The van der Waals surface area contributed by atoms with Crippen LogP contribution >= 0.6 is 12.2 Å². The van der Waals surface area contributed by atoms with Gasteiger partial charge in [0.05, 0.1) is 0 Å². The molecule has 0 heterocycles. The summed E-state index contributed by atoms with van der Waals surface area (Å²) in [5.41, 5.74) is 6.45. The maximum atomic E-state index is 13.0. The molecule has 0 aliphatic heterocycles. The quantitative estimate of drug-likeness (QED) is 0.855. The highest BCUT2D eigenvalue weighted by Crippen LogP contribution is 2.14. The van der Waals surface area contributed by atoms with Crippen LogP contribution in [-0.4, -0.2) is 10.9 Å². The Kier molecular flexibility index (Phi) is 4.05. The van der Waals surface area contributed by atoms with Gasteiger partial charge in [-0.3, -0.25) is 4.79 Å². The third-order valence-electron chi connectivity index (χ3n) is 2.55. The van der Waals surface area contributed by atoms with Gasteiger partial charge in [-0.05, 0) is 24.3 Å². The molecule has 102 valence electrons. The Bertz CT molecular complexity index is 651. The first kappa shape index (κ1) is 14.1. The zero-order valence-electron chi connectivity index (χ0n) is 10.2. The van der Waals surface area contributed by atoms with Gasteiger partial charge in [-0.25, -0.2) is 8.78 Å². The highest BCUT2D eigenvalue weighted by atomic mass is 32.1. The number of hydrogen-bond acceptors (Lipinski definition) is 2. The van der Waals surface area contributed by atoms with Crippen molar-refractivity contribution in [2.24, 2.45) is 5.73 Å². The summed E-state index contributed by atoms with van der Waals surface area (Å²) in [6.07, 6.45) is 0. The molecule has 0 aromatic heterocycles. The monoisotopic (exact) mass is 292 g/mol. The van der Waals surface area contributed by atoms with Gasteiger partial charge in [-0.2, -0.15) is 0 Å². The van der Waals surface area contributed by atoms with E-state index in [2.05, 4.69) is 5.32 Å². The fourth-order valence-electron chi connectivity index (χ4n) is 1.62. The second-order valence-electron chi connectivity index (χ2n) is 4.05. The molecule has 1 amide bonds. The molecule has 0 aliphatic carbocycles. The molecule has 0 saturated heterocycles. The predicted octanol–water partition coefficient (Wildman–Crippen LogP) is 2.85. The van der Waals surface area contributed by atoms with Gasteiger partial charge in [-0.1, -0.05) is 24.4 Å². The van der Waals surface area contributed by atoms with Crippen molar-refractivity contribution in [1.29, 1.82) is 0 Å². The normalized spacial score (nSPS) is 10.1. The Morgan fingerprint density at radius 3 is 2.00 bits per heavy atom. The molecule has 0 saturated carbocycles. The molecule has 6 heteroatoms. The van der Waals surface area contributed by atoms with Crippen LogP contribution in [0.5, 0.6) is 0 Å². The van der Waals surface area contributed by atoms with Gasteiger partial charge < -0.3 is 11.1 Å². The number of amides is 1. The van der Waals surface area contributed by atoms with Gasteiger partial charge in [0.15, 0.2) is 0 Å². The summed E-state index contributed by atoms with van der Waals surface area (Å²) >= 11 is 4.80. The zero-order valence-corrected chi connectivity index (χ0v) is 11.0. The molecule has 0 atom stereocenters. The summed E-state index contributed by atoms with van der Waals surface area (Å²) in [4.78, 5) is 12.1. The Hall–Kier alpha value is -2.34. The summed E-state index contributed by atoms with van der Waals surface area (Å²) in [5.74, 6) is -2.00. The lowest BCUT2D eigenvalue weighted by molar-refractivity contribution is 0.102. The predicted molar refractivity (Wildman–Crippen MR) is 76.6 cm³/mol. The van der Waals surface area contributed by atoms with Crippen LogP contribution in [0.1, 0.15) is 15.9 Å². The lowest BCUT2D eigenvalue weighted by atomic mass is 10.1. The second-order valence-corrected chi connectivity index (χ2v) is 4.49. The number of hydrogen-bond donors (Lipinski definition) is 2. The molecule has 0 aliphatic rings. The van der Waals surface area contributed by atoms with Crippen LogP contribution < -0.4 is 11.1 Å². The third kappa shape index (κ3) is 3.36. The Morgan fingerprint density at radius 2 is 1.50 bits per heavy atom. The van der Waals surface area contributed by atoms with Crippen molar-refractivity contribution < 1.29 is 13.6 Å². The van der Waals surface area contributed by atoms with Crippen molar-refractivity contribution >= 4 is 28.8 Å². The minimum Gasteiger partial charge on any atom is -0.389 e. The van der Waals surface area contributed by atoms with Crippen LogP contribution in [0.15, 0.2) is 42.5 Å². The van der Waals surface area contributed by atoms with E-state index in [-0.39, 0.29) is 10.7 Å². The number of nitrogens with one attached hydrogen (secondary N) is 1. The maximum absolute atomic E-state index is 13.0. The molecule has 0 bridgehead atoms. The summed E-state index contributed by atoms with van der Waals surface area (Å²) < 4.78 is 26.0. The minimum absolute atomic E-state index is 0.0472. The summed E-state index contributed by atoms with van der Waals surface area (Å²) in [5, 5.41) is 2.41. The van der Waals surface area contributed by atoms with Crippen LogP contribution in [0, 0.1) is 11.6 Å². The first-order valence-electron chi connectivity index (χ1n) is 5.63. The van der Waals surface area contributed by atoms with E-state index < -0.39 is 17.5 Å². The molecule has 0 unspecified atom stereocenters. The van der Waals surface area contributed by atoms with E-state index >= 15 is 0 Å². The van der Waals surface area contributed by atoms with Gasteiger partial charge in [0.25, 0.3) is 5.91 Å². The van der Waals surface area contributed by atoms with E-state index in [0.29, 0.717) is 11.1 Å². The number of anilines is 1. The summed E-state index contributed by atoms with van der Waals surface area (Å²) in [6, 6.07) is 9.05. The number of halogens is 2. The van der Waals surface area contributed by atoms with Crippen LogP contribution in [0.3, 0.4) is 0 Å². The largest absolute Gasteiger partial charge is 0.389 e. The topological polar surface area (TPSA) is 55.1 Å². The van der Waals surface area contributed by atoms with Crippen LogP contribution in [0.2, 0.25) is 0 Å². The van der Waals surface area contributed by atoms with Crippen LogP contribution in [-0.2, 0) is 0 Å². The van der Waals surface area contributed by atoms with Gasteiger partial charge in [0.2, 0.25) is 0 Å². The third-order valence-corrected chi connectivity index (χ3v) is 2.79. The van der Waals surface area contributed by atoms with E-state index in [9.17, 15) is 13.6 Å². The van der Waals surface area contributed by atoms with Gasteiger partial charge in [-0.15, -0.1) is 0 Å². The lowest BCUT2D eigenvalue weighted by Gasteiger charge is -2.06. The Balaban J connectivity index is 2.17. The molecule has 0 spiro atoms. The molecular formula is C14H10F2N2OS. The standard InChI is InChI=1S/C14H10F2N2OS/c15-10-5-11(16)7-12(6-10)18-14(19)9-3-1-8(2-4-9)13(17)20/h1-7H,(H2,17,20)(H,18,19). The molecule has 0 radical (unpaired) electrons. The fraction of sp³-hybridized carbons (Fsp3) is 0. The van der Waals surface area contributed by atoms with Crippen LogP contribution in [0.25, 0.3) is 0 Å². The van der Waals surface area contributed by atoms with Crippen molar-refractivity contribution in [3.05, 3.63) is 65.2 Å². The number of benzene rings is 2. The van der Waals surface area contributed by atoms with Gasteiger partial charge in [0.1, 0.15) is 16.6 Å². The number of carbonyl (C=O) groups excluding carboxylic acids is 1. The van der Waals surface area contributed by atoms with E-state index in [4.69, 9.17) is 18.0 Å². The average molecular weight is 292 g/mol. The van der Waals surface area contributed by atoms with Crippen molar-refractivity contribution in [1.82, 2.24) is 0 Å². The van der Waals surface area contributed by atoms with E-state index in [1.807, 2.05) is 0 Å². The number of thiocarbonyl (C=S) groups is 1. The zero-order chi connectivity index (χ0) is 14.7. The number of carbonyl (C=O) groups is 1. The van der Waals surface area contributed by atoms with Crippen molar-refractivity contribution in [2.45, 2.75) is 0 Å². The minimum atomic E-state index is -0.760. The lowest BCUT2D eigenvalue weighted by Crippen LogP contribution is -2.13. The van der Waals surface area contributed by atoms with Crippen molar-refractivity contribution in [3.63, 3.8) is 0 Å². The molecule has 3 N–H and O–H groups in total. The first-order chi connectivity index (χ1) is 9.45. The smallest absolute Gasteiger partial charge is 0.255 e. The highest BCUT2D eigenvalue weighted by Gasteiger charge is 2.08. The van der Waals surface area contributed by atoms with E-state index in [1.165, 1.54) is 12.1 Å². The van der Waals surface area contributed by atoms with Crippen molar-refractivity contribution in [2.75, 3.05) is 5.32 Å². The first-order valence-corrected chi connectivity index (χ1v) is 6.04. The molecule has 20 heavy (non-hydrogen) atoms.